The topological polar surface area (TPSA) is 87.7 Å². The molecule has 0 bridgehead atoms. The van der Waals surface area contributed by atoms with E-state index in [9.17, 15) is 26.4 Å². The summed E-state index contributed by atoms with van der Waals surface area (Å²) >= 11 is 5.84. The number of sulfonamides is 1. The van der Waals surface area contributed by atoms with Gasteiger partial charge in [-0.05, 0) is 42.5 Å². The molecule has 12 heteroatoms. The van der Waals surface area contributed by atoms with E-state index in [1.54, 1.807) is 0 Å². The summed E-state index contributed by atoms with van der Waals surface area (Å²) in [5, 5.41) is 5.07. The molecule has 0 unspecified atom stereocenters. The standard InChI is InChI=1S/C19H19ClF3N3O4S/c20-16-11-13(19(21,22)23)1-6-17(16)24-12-18(27)25-14-2-4-15(5-3-14)31(28,29)26-7-9-30-10-8-26/h1-6,11,24H,7-10,12H2,(H,25,27). The van der Waals surface area contributed by atoms with Crippen molar-refractivity contribution in [3.05, 3.63) is 53.1 Å². The number of benzene rings is 2. The van der Waals surface area contributed by atoms with Gasteiger partial charge in [-0.25, -0.2) is 8.42 Å². The molecular weight excluding hydrogens is 459 g/mol. The number of halogens is 4. The summed E-state index contributed by atoms with van der Waals surface area (Å²) < 4.78 is 69.7. The Morgan fingerprint density at radius 3 is 2.32 bits per heavy atom. The van der Waals surface area contributed by atoms with Crippen molar-refractivity contribution in [2.75, 3.05) is 43.5 Å². The number of rotatable bonds is 6. The van der Waals surface area contributed by atoms with Crippen LogP contribution in [0.2, 0.25) is 5.02 Å². The number of nitrogens with zero attached hydrogens (tertiary/aromatic N) is 1. The summed E-state index contributed by atoms with van der Waals surface area (Å²) in [5.41, 5.74) is -0.345. The summed E-state index contributed by atoms with van der Waals surface area (Å²) in [6.45, 7) is 0.976. The van der Waals surface area contributed by atoms with Gasteiger partial charge in [0.1, 0.15) is 0 Å². The molecule has 0 radical (unpaired) electrons. The lowest BCUT2D eigenvalue weighted by molar-refractivity contribution is -0.137. The first-order valence-corrected chi connectivity index (χ1v) is 11.0. The van der Waals surface area contributed by atoms with E-state index in [4.69, 9.17) is 16.3 Å². The molecular formula is C19H19ClF3N3O4S. The van der Waals surface area contributed by atoms with Crippen LogP contribution < -0.4 is 10.6 Å². The van der Waals surface area contributed by atoms with E-state index >= 15 is 0 Å². The molecule has 0 aromatic heterocycles. The highest BCUT2D eigenvalue weighted by Crippen LogP contribution is 2.33. The van der Waals surface area contributed by atoms with Gasteiger partial charge in [-0.2, -0.15) is 17.5 Å². The van der Waals surface area contributed by atoms with Crippen molar-refractivity contribution in [2.24, 2.45) is 0 Å². The molecule has 0 saturated carbocycles. The number of anilines is 2. The third-order valence-corrected chi connectivity index (χ3v) is 6.71. The molecule has 2 aromatic carbocycles. The van der Waals surface area contributed by atoms with Gasteiger partial charge in [0, 0.05) is 18.8 Å². The Balaban J connectivity index is 1.57. The number of hydrogen-bond donors (Lipinski definition) is 2. The molecule has 0 atom stereocenters. The zero-order chi connectivity index (χ0) is 22.6. The highest BCUT2D eigenvalue weighted by atomic mass is 35.5. The molecule has 2 N–H and O–H groups in total. The second-order valence-corrected chi connectivity index (χ2v) is 8.98. The Morgan fingerprint density at radius 1 is 1.10 bits per heavy atom. The van der Waals surface area contributed by atoms with Crippen LogP contribution in [0.4, 0.5) is 24.5 Å². The van der Waals surface area contributed by atoms with Crippen LogP contribution >= 0.6 is 11.6 Å². The summed E-state index contributed by atoms with van der Waals surface area (Å²) in [6.07, 6.45) is -4.51. The molecule has 3 rings (SSSR count). The number of carbonyl (C=O) groups is 1. The van der Waals surface area contributed by atoms with E-state index in [1.165, 1.54) is 28.6 Å². The van der Waals surface area contributed by atoms with Gasteiger partial charge in [-0.15, -0.1) is 0 Å². The number of ether oxygens (including phenoxy) is 1. The minimum Gasteiger partial charge on any atom is -0.379 e. The van der Waals surface area contributed by atoms with Crippen molar-refractivity contribution in [3.63, 3.8) is 0 Å². The first kappa shape index (κ1) is 23.3. The minimum atomic E-state index is -4.51. The quantitative estimate of drug-likeness (QED) is 0.665. The highest BCUT2D eigenvalue weighted by molar-refractivity contribution is 7.89. The van der Waals surface area contributed by atoms with Gasteiger partial charge in [0.15, 0.2) is 0 Å². The summed E-state index contributed by atoms with van der Waals surface area (Å²) in [5.74, 6) is -0.486. The molecule has 1 fully saturated rings. The molecule has 31 heavy (non-hydrogen) atoms. The van der Waals surface area contributed by atoms with Crippen LogP contribution in [-0.4, -0.2) is 51.5 Å². The zero-order valence-electron chi connectivity index (χ0n) is 16.1. The van der Waals surface area contributed by atoms with E-state index in [2.05, 4.69) is 10.6 Å². The van der Waals surface area contributed by atoms with Crippen LogP contribution in [0.15, 0.2) is 47.4 Å². The molecule has 0 aliphatic carbocycles. The largest absolute Gasteiger partial charge is 0.416 e. The maximum absolute atomic E-state index is 12.7. The van der Waals surface area contributed by atoms with Crippen LogP contribution in [0.25, 0.3) is 0 Å². The number of nitrogens with one attached hydrogen (secondary N) is 2. The fourth-order valence-electron chi connectivity index (χ4n) is 2.86. The van der Waals surface area contributed by atoms with Crippen LogP contribution in [0.3, 0.4) is 0 Å². The van der Waals surface area contributed by atoms with Crippen LogP contribution in [-0.2, 0) is 25.7 Å². The van der Waals surface area contributed by atoms with Gasteiger partial charge in [0.05, 0.1) is 40.9 Å². The molecule has 2 aromatic rings. The SMILES string of the molecule is O=C(CNc1ccc(C(F)(F)F)cc1Cl)Nc1ccc(S(=O)(=O)N2CCOCC2)cc1. The van der Waals surface area contributed by atoms with Gasteiger partial charge >= 0.3 is 6.18 Å². The monoisotopic (exact) mass is 477 g/mol. The van der Waals surface area contributed by atoms with E-state index < -0.39 is 27.7 Å². The average molecular weight is 478 g/mol. The summed E-state index contributed by atoms with van der Waals surface area (Å²) in [4.78, 5) is 12.2. The number of carbonyl (C=O) groups excluding carboxylic acids is 1. The third kappa shape index (κ3) is 5.88. The maximum Gasteiger partial charge on any atom is 0.416 e. The Bertz CT molecular complexity index is 1040. The smallest absolute Gasteiger partial charge is 0.379 e. The molecule has 1 aliphatic heterocycles. The molecule has 1 aliphatic rings. The molecule has 1 saturated heterocycles. The predicted octanol–water partition coefficient (Wildman–Crippen LogP) is 3.43. The Kier molecular flexibility index (Phi) is 7.10. The number of amides is 1. The van der Waals surface area contributed by atoms with Gasteiger partial charge in [0.25, 0.3) is 0 Å². The van der Waals surface area contributed by atoms with Crippen LogP contribution in [0.1, 0.15) is 5.56 Å². The molecule has 168 valence electrons. The van der Waals surface area contributed by atoms with Crippen molar-refractivity contribution in [1.82, 2.24) is 4.31 Å². The van der Waals surface area contributed by atoms with Crippen molar-refractivity contribution in [2.45, 2.75) is 11.1 Å². The first-order valence-electron chi connectivity index (χ1n) is 9.16. The lowest BCUT2D eigenvalue weighted by Gasteiger charge is -2.26. The Labute approximate surface area is 182 Å². The number of alkyl halides is 3. The molecule has 0 spiro atoms. The van der Waals surface area contributed by atoms with Gasteiger partial charge < -0.3 is 15.4 Å². The summed E-state index contributed by atoms with van der Waals surface area (Å²) in [6, 6.07) is 8.46. The van der Waals surface area contributed by atoms with E-state index in [0.717, 1.165) is 18.2 Å². The Morgan fingerprint density at radius 2 is 1.74 bits per heavy atom. The van der Waals surface area contributed by atoms with E-state index in [1.807, 2.05) is 0 Å². The van der Waals surface area contributed by atoms with E-state index in [0.29, 0.717) is 18.9 Å². The lowest BCUT2D eigenvalue weighted by atomic mass is 10.2. The van der Waals surface area contributed by atoms with Crippen molar-refractivity contribution in [1.29, 1.82) is 0 Å². The lowest BCUT2D eigenvalue weighted by Crippen LogP contribution is -2.40. The van der Waals surface area contributed by atoms with Crippen molar-refractivity contribution in [3.8, 4) is 0 Å². The minimum absolute atomic E-state index is 0.0991. The highest BCUT2D eigenvalue weighted by Gasteiger charge is 2.31. The van der Waals surface area contributed by atoms with Crippen LogP contribution in [0.5, 0.6) is 0 Å². The first-order chi connectivity index (χ1) is 14.6. The summed E-state index contributed by atoms with van der Waals surface area (Å²) in [7, 11) is -3.64. The second-order valence-electron chi connectivity index (χ2n) is 6.63. The van der Waals surface area contributed by atoms with Gasteiger partial charge in [0.2, 0.25) is 15.9 Å². The van der Waals surface area contributed by atoms with Crippen LogP contribution in [0, 0.1) is 0 Å². The van der Waals surface area contributed by atoms with E-state index in [-0.39, 0.29) is 35.2 Å². The Hall–Kier alpha value is -2.34. The predicted molar refractivity (Wildman–Crippen MR) is 110 cm³/mol. The maximum atomic E-state index is 12.7. The molecule has 7 nitrogen and oxygen atoms in total. The average Bonchev–Trinajstić information content (AvgIpc) is 2.73. The normalized spacial score (nSPS) is 15.5. The number of hydrogen-bond acceptors (Lipinski definition) is 5. The zero-order valence-corrected chi connectivity index (χ0v) is 17.6. The molecule has 1 amide bonds. The van der Waals surface area contributed by atoms with Crippen molar-refractivity contribution >= 4 is 38.9 Å². The fraction of sp³-hybridized carbons (Fsp3) is 0.316. The fourth-order valence-corrected chi connectivity index (χ4v) is 4.52. The van der Waals surface area contributed by atoms with Crippen molar-refractivity contribution < 1.29 is 31.1 Å². The number of morpholine rings is 1. The van der Waals surface area contributed by atoms with Gasteiger partial charge in [-0.3, -0.25) is 4.79 Å². The third-order valence-electron chi connectivity index (χ3n) is 4.48. The molecule has 1 heterocycles. The van der Waals surface area contributed by atoms with Gasteiger partial charge in [-0.1, -0.05) is 11.6 Å². The second kappa shape index (κ2) is 9.43.